The van der Waals surface area contributed by atoms with Crippen molar-refractivity contribution in [3.63, 3.8) is 0 Å². The normalized spacial score (nSPS) is 17.5. The van der Waals surface area contributed by atoms with E-state index in [0.717, 1.165) is 25.5 Å². The Balaban J connectivity index is 1.88. The van der Waals surface area contributed by atoms with Gasteiger partial charge in [-0.2, -0.15) is 0 Å². The molecular weight excluding hydrogens is 326 g/mol. The average Bonchev–Trinajstić information content (AvgIpc) is 2.99. The third kappa shape index (κ3) is 3.64. The first-order chi connectivity index (χ1) is 12.0. The average molecular weight is 346 g/mol. The van der Waals surface area contributed by atoms with Crippen LogP contribution in [-0.4, -0.2) is 37.9 Å². The molecule has 0 unspecified atom stereocenters. The number of benzene rings is 2. The van der Waals surface area contributed by atoms with E-state index in [-0.39, 0.29) is 11.8 Å². The van der Waals surface area contributed by atoms with Gasteiger partial charge < -0.3 is 4.74 Å². The number of hydrogen-bond acceptors (Lipinski definition) is 3. The topological polar surface area (TPSA) is 32.8 Å². The lowest BCUT2D eigenvalue weighted by Gasteiger charge is -2.25. The molecule has 1 aliphatic rings. The number of para-hydroxylation sites is 1. The predicted molar refractivity (Wildman–Crippen MR) is 92.3 cm³/mol. The van der Waals surface area contributed by atoms with E-state index in [1.807, 2.05) is 11.9 Å². The number of hydrogen-bond donors (Lipinski definition) is 0. The van der Waals surface area contributed by atoms with Crippen LogP contribution in [0.5, 0.6) is 0 Å². The Morgan fingerprint density at radius 2 is 1.96 bits per heavy atom. The standard InChI is InChI=1S/C19H20F2N2O2/c1-22-11-5-8-18(22)25-19(24)23(2)17-7-4-3-6-15(17)14-10-9-13(20)12-16(14)21/h3-4,6-7,9-10,12,18H,5,8,11H2,1-2H3/t18-/m0/s1. The van der Waals surface area contributed by atoms with Crippen LogP contribution in [0.25, 0.3) is 11.1 Å². The van der Waals surface area contributed by atoms with Gasteiger partial charge >= 0.3 is 6.09 Å². The number of halogens is 2. The Morgan fingerprint density at radius 1 is 1.20 bits per heavy atom. The van der Waals surface area contributed by atoms with E-state index in [1.165, 1.54) is 17.0 Å². The number of anilines is 1. The molecule has 2 aromatic rings. The number of likely N-dealkylation sites (tertiary alicyclic amines) is 1. The molecule has 1 heterocycles. The fourth-order valence-corrected chi connectivity index (χ4v) is 3.02. The van der Waals surface area contributed by atoms with Gasteiger partial charge in [0.25, 0.3) is 0 Å². The number of carbonyl (C=O) groups is 1. The predicted octanol–water partition coefficient (Wildman–Crippen LogP) is 4.26. The van der Waals surface area contributed by atoms with Gasteiger partial charge in [0.2, 0.25) is 0 Å². The quantitative estimate of drug-likeness (QED) is 0.833. The van der Waals surface area contributed by atoms with Gasteiger partial charge in [-0.15, -0.1) is 0 Å². The van der Waals surface area contributed by atoms with Crippen molar-refractivity contribution in [2.75, 3.05) is 25.5 Å². The second-order valence-electron chi connectivity index (χ2n) is 6.16. The molecule has 0 aliphatic carbocycles. The molecule has 0 aromatic heterocycles. The molecule has 0 radical (unpaired) electrons. The highest BCUT2D eigenvalue weighted by molar-refractivity contribution is 5.93. The van der Waals surface area contributed by atoms with E-state index < -0.39 is 17.7 Å². The van der Waals surface area contributed by atoms with Crippen LogP contribution in [0.3, 0.4) is 0 Å². The summed E-state index contributed by atoms with van der Waals surface area (Å²) in [7, 11) is 3.49. The van der Waals surface area contributed by atoms with E-state index in [4.69, 9.17) is 4.74 Å². The highest BCUT2D eigenvalue weighted by Crippen LogP contribution is 2.33. The van der Waals surface area contributed by atoms with Crippen molar-refractivity contribution in [2.24, 2.45) is 0 Å². The van der Waals surface area contributed by atoms with E-state index in [2.05, 4.69) is 0 Å². The van der Waals surface area contributed by atoms with Gasteiger partial charge in [-0.1, -0.05) is 18.2 Å². The molecule has 0 N–H and O–H groups in total. The number of amides is 1. The van der Waals surface area contributed by atoms with Crippen molar-refractivity contribution in [2.45, 2.75) is 19.1 Å². The maximum Gasteiger partial charge on any atom is 0.415 e. The molecule has 1 saturated heterocycles. The lowest BCUT2D eigenvalue weighted by molar-refractivity contribution is 0.0315. The summed E-state index contributed by atoms with van der Waals surface area (Å²) in [6, 6.07) is 10.3. The lowest BCUT2D eigenvalue weighted by atomic mass is 10.0. The second kappa shape index (κ2) is 7.19. The second-order valence-corrected chi connectivity index (χ2v) is 6.16. The maximum absolute atomic E-state index is 14.2. The molecule has 0 spiro atoms. The Morgan fingerprint density at radius 3 is 2.64 bits per heavy atom. The maximum atomic E-state index is 14.2. The summed E-state index contributed by atoms with van der Waals surface area (Å²) < 4.78 is 32.9. The van der Waals surface area contributed by atoms with Crippen LogP contribution < -0.4 is 4.90 Å². The zero-order valence-electron chi connectivity index (χ0n) is 14.2. The monoisotopic (exact) mass is 346 g/mol. The number of carbonyl (C=O) groups excluding carboxylic acids is 1. The van der Waals surface area contributed by atoms with E-state index >= 15 is 0 Å². The van der Waals surface area contributed by atoms with Crippen molar-refractivity contribution in [3.8, 4) is 11.1 Å². The third-order valence-electron chi connectivity index (χ3n) is 4.45. The summed E-state index contributed by atoms with van der Waals surface area (Å²) in [5.41, 5.74) is 1.23. The number of rotatable bonds is 3. The molecule has 2 aromatic carbocycles. The van der Waals surface area contributed by atoms with Crippen molar-refractivity contribution in [3.05, 3.63) is 54.1 Å². The summed E-state index contributed by atoms with van der Waals surface area (Å²) in [5, 5.41) is 0. The Hall–Kier alpha value is -2.47. The van der Waals surface area contributed by atoms with Gasteiger partial charge in [-0.3, -0.25) is 9.80 Å². The summed E-state index contributed by atoms with van der Waals surface area (Å²) in [4.78, 5) is 15.8. The Bertz CT molecular complexity index is 782. The van der Waals surface area contributed by atoms with Gasteiger partial charge in [-0.05, 0) is 38.1 Å². The number of nitrogens with zero attached hydrogens (tertiary/aromatic N) is 2. The Kier molecular flexibility index (Phi) is 4.99. The number of ether oxygens (including phenoxy) is 1. The molecular formula is C19H20F2N2O2. The largest absolute Gasteiger partial charge is 0.430 e. The molecule has 6 heteroatoms. The molecule has 132 valence electrons. The van der Waals surface area contributed by atoms with Crippen LogP contribution in [0.15, 0.2) is 42.5 Å². The minimum absolute atomic E-state index is 0.231. The third-order valence-corrected chi connectivity index (χ3v) is 4.45. The van der Waals surface area contributed by atoms with Crippen molar-refractivity contribution >= 4 is 11.8 Å². The smallest absolute Gasteiger partial charge is 0.415 e. The van der Waals surface area contributed by atoms with Crippen molar-refractivity contribution < 1.29 is 18.3 Å². The lowest BCUT2D eigenvalue weighted by Crippen LogP contribution is -2.36. The van der Waals surface area contributed by atoms with Crippen LogP contribution in [0.1, 0.15) is 12.8 Å². The van der Waals surface area contributed by atoms with E-state index in [0.29, 0.717) is 11.3 Å². The van der Waals surface area contributed by atoms with Gasteiger partial charge in [0, 0.05) is 30.8 Å². The van der Waals surface area contributed by atoms with Crippen molar-refractivity contribution in [1.29, 1.82) is 0 Å². The van der Waals surface area contributed by atoms with Gasteiger partial charge in [0.1, 0.15) is 11.6 Å². The van der Waals surface area contributed by atoms with Crippen LogP contribution in [0.2, 0.25) is 0 Å². The van der Waals surface area contributed by atoms with Crippen LogP contribution in [0, 0.1) is 11.6 Å². The molecule has 4 nitrogen and oxygen atoms in total. The molecule has 1 atom stereocenters. The SMILES string of the molecule is CN(C(=O)O[C@H]1CCCN1C)c1ccccc1-c1ccc(F)cc1F. The molecule has 3 rings (SSSR count). The fraction of sp³-hybridized carbons (Fsp3) is 0.316. The van der Waals surface area contributed by atoms with Gasteiger partial charge in [0.05, 0.1) is 5.69 Å². The zero-order valence-corrected chi connectivity index (χ0v) is 14.2. The Labute approximate surface area is 145 Å². The van der Waals surface area contributed by atoms with Crippen LogP contribution in [0.4, 0.5) is 19.3 Å². The first kappa shape index (κ1) is 17.4. The highest BCUT2D eigenvalue weighted by Gasteiger charge is 2.27. The summed E-state index contributed by atoms with van der Waals surface area (Å²) in [5.74, 6) is -1.32. The summed E-state index contributed by atoms with van der Waals surface area (Å²) >= 11 is 0. The molecule has 0 bridgehead atoms. The molecule has 0 saturated carbocycles. The van der Waals surface area contributed by atoms with Crippen molar-refractivity contribution in [1.82, 2.24) is 4.90 Å². The minimum atomic E-state index is -0.676. The van der Waals surface area contributed by atoms with Gasteiger partial charge in [0.15, 0.2) is 6.23 Å². The highest BCUT2D eigenvalue weighted by atomic mass is 19.1. The van der Waals surface area contributed by atoms with Crippen LogP contribution >= 0.6 is 0 Å². The van der Waals surface area contributed by atoms with Crippen LogP contribution in [-0.2, 0) is 4.74 Å². The fourth-order valence-electron chi connectivity index (χ4n) is 3.02. The zero-order chi connectivity index (χ0) is 18.0. The minimum Gasteiger partial charge on any atom is -0.430 e. The summed E-state index contributed by atoms with van der Waals surface area (Å²) in [6.07, 6.45) is 1.03. The van der Waals surface area contributed by atoms with E-state index in [1.54, 1.807) is 31.3 Å². The molecule has 25 heavy (non-hydrogen) atoms. The molecule has 1 fully saturated rings. The summed E-state index contributed by atoms with van der Waals surface area (Å²) in [6.45, 7) is 0.888. The van der Waals surface area contributed by atoms with Gasteiger partial charge in [-0.25, -0.2) is 13.6 Å². The molecule has 1 amide bonds. The first-order valence-electron chi connectivity index (χ1n) is 8.16. The first-order valence-corrected chi connectivity index (χ1v) is 8.16. The molecule has 1 aliphatic heterocycles. The van der Waals surface area contributed by atoms with E-state index in [9.17, 15) is 13.6 Å².